The van der Waals surface area contributed by atoms with Gasteiger partial charge in [0.05, 0.1) is 12.2 Å². The monoisotopic (exact) mass is 240 g/mol. The van der Waals surface area contributed by atoms with Crippen molar-refractivity contribution in [3.05, 3.63) is 0 Å². The average Bonchev–Trinajstić information content (AvgIpc) is 2.40. The van der Waals surface area contributed by atoms with Gasteiger partial charge in [0.15, 0.2) is 0 Å². The van der Waals surface area contributed by atoms with E-state index in [0.717, 1.165) is 25.4 Å². The van der Waals surface area contributed by atoms with E-state index in [-0.39, 0.29) is 6.10 Å². The maximum absolute atomic E-state index is 10.4. The fourth-order valence-corrected chi connectivity index (χ4v) is 3.51. The van der Waals surface area contributed by atoms with Crippen molar-refractivity contribution in [1.29, 1.82) is 0 Å². The molecular formula is C15H28O2. The molecular weight excluding hydrogens is 212 g/mol. The third kappa shape index (κ3) is 3.96. The molecule has 2 nitrogen and oxygen atoms in total. The summed E-state index contributed by atoms with van der Waals surface area (Å²) in [6.45, 7) is 3.18. The molecule has 100 valence electrons. The van der Waals surface area contributed by atoms with Crippen LogP contribution in [0.5, 0.6) is 0 Å². The zero-order valence-corrected chi connectivity index (χ0v) is 11.2. The lowest BCUT2D eigenvalue weighted by Crippen LogP contribution is -2.32. The van der Waals surface area contributed by atoms with E-state index >= 15 is 0 Å². The minimum Gasteiger partial charge on any atom is -0.393 e. The standard InChI is InChI=1S/C15H28O2/c1-2-12-6-5-7-13(10-12)15(16)11-14-8-3-4-9-17-14/h12-16H,2-11H2,1H3. The summed E-state index contributed by atoms with van der Waals surface area (Å²) < 4.78 is 5.73. The zero-order chi connectivity index (χ0) is 12.1. The van der Waals surface area contributed by atoms with Crippen molar-refractivity contribution in [2.75, 3.05) is 6.61 Å². The summed E-state index contributed by atoms with van der Waals surface area (Å²) in [6.07, 6.45) is 11.2. The molecule has 0 bridgehead atoms. The Morgan fingerprint density at radius 2 is 2.06 bits per heavy atom. The number of hydrogen-bond donors (Lipinski definition) is 1. The van der Waals surface area contributed by atoms with Gasteiger partial charge in [-0.2, -0.15) is 0 Å². The van der Waals surface area contributed by atoms with E-state index in [4.69, 9.17) is 4.74 Å². The van der Waals surface area contributed by atoms with Crippen LogP contribution in [-0.2, 0) is 4.74 Å². The lowest BCUT2D eigenvalue weighted by atomic mass is 9.76. The van der Waals surface area contributed by atoms with Crippen molar-refractivity contribution in [1.82, 2.24) is 0 Å². The molecule has 1 N–H and O–H groups in total. The summed E-state index contributed by atoms with van der Waals surface area (Å²) in [7, 11) is 0. The van der Waals surface area contributed by atoms with Crippen LogP contribution in [0.4, 0.5) is 0 Å². The SMILES string of the molecule is CCC1CCCC(C(O)CC2CCCCO2)C1. The van der Waals surface area contributed by atoms with Crippen molar-refractivity contribution in [3.8, 4) is 0 Å². The molecule has 1 aliphatic carbocycles. The van der Waals surface area contributed by atoms with E-state index < -0.39 is 0 Å². The number of hydrogen-bond acceptors (Lipinski definition) is 2. The lowest BCUT2D eigenvalue weighted by molar-refractivity contribution is -0.0346. The van der Waals surface area contributed by atoms with Crippen LogP contribution < -0.4 is 0 Å². The van der Waals surface area contributed by atoms with E-state index in [1.807, 2.05) is 0 Å². The Balaban J connectivity index is 1.75. The summed E-state index contributed by atoms with van der Waals surface area (Å²) >= 11 is 0. The van der Waals surface area contributed by atoms with Gasteiger partial charge in [-0.15, -0.1) is 0 Å². The Morgan fingerprint density at radius 1 is 1.18 bits per heavy atom. The zero-order valence-electron chi connectivity index (χ0n) is 11.2. The molecule has 0 amide bonds. The smallest absolute Gasteiger partial charge is 0.0599 e. The molecule has 0 aromatic rings. The first-order valence-corrected chi connectivity index (χ1v) is 7.59. The van der Waals surface area contributed by atoms with E-state index in [2.05, 4.69) is 6.92 Å². The molecule has 2 heteroatoms. The summed E-state index contributed by atoms with van der Waals surface area (Å²) in [5, 5.41) is 10.4. The van der Waals surface area contributed by atoms with E-state index in [9.17, 15) is 5.11 Å². The van der Waals surface area contributed by atoms with Crippen LogP contribution in [0.25, 0.3) is 0 Å². The molecule has 1 heterocycles. The van der Waals surface area contributed by atoms with Crippen LogP contribution in [0.3, 0.4) is 0 Å². The van der Waals surface area contributed by atoms with Crippen LogP contribution >= 0.6 is 0 Å². The molecule has 1 aliphatic heterocycles. The molecule has 17 heavy (non-hydrogen) atoms. The van der Waals surface area contributed by atoms with Crippen LogP contribution in [0, 0.1) is 11.8 Å². The van der Waals surface area contributed by atoms with E-state index in [1.54, 1.807) is 0 Å². The van der Waals surface area contributed by atoms with Gasteiger partial charge in [0.2, 0.25) is 0 Å². The molecule has 1 saturated heterocycles. The first kappa shape index (κ1) is 13.4. The second kappa shape index (κ2) is 6.75. The fourth-order valence-electron chi connectivity index (χ4n) is 3.51. The topological polar surface area (TPSA) is 29.5 Å². The van der Waals surface area contributed by atoms with Gasteiger partial charge < -0.3 is 9.84 Å². The van der Waals surface area contributed by atoms with Crippen molar-refractivity contribution >= 4 is 0 Å². The Kier molecular flexibility index (Phi) is 5.30. The molecule has 0 aromatic heterocycles. The maximum Gasteiger partial charge on any atom is 0.0599 e. The summed E-state index contributed by atoms with van der Waals surface area (Å²) in [6, 6.07) is 0. The van der Waals surface area contributed by atoms with Gasteiger partial charge >= 0.3 is 0 Å². The van der Waals surface area contributed by atoms with Gasteiger partial charge in [-0.05, 0) is 50.4 Å². The molecule has 2 aliphatic rings. The highest BCUT2D eigenvalue weighted by Crippen LogP contribution is 2.34. The molecule has 2 fully saturated rings. The van der Waals surface area contributed by atoms with Crippen LogP contribution in [0.1, 0.15) is 64.7 Å². The normalized spacial score (nSPS) is 36.7. The third-order valence-electron chi connectivity index (χ3n) is 4.72. The second-order valence-corrected chi connectivity index (χ2v) is 5.99. The highest BCUT2D eigenvalue weighted by atomic mass is 16.5. The van der Waals surface area contributed by atoms with Gasteiger partial charge in [0.1, 0.15) is 0 Å². The number of ether oxygens (including phenoxy) is 1. The van der Waals surface area contributed by atoms with Gasteiger partial charge in [-0.3, -0.25) is 0 Å². The summed E-state index contributed by atoms with van der Waals surface area (Å²) in [5.41, 5.74) is 0. The molecule has 1 saturated carbocycles. The summed E-state index contributed by atoms with van der Waals surface area (Å²) in [4.78, 5) is 0. The number of aliphatic hydroxyl groups excluding tert-OH is 1. The molecule has 0 spiro atoms. The molecule has 4 unspecified atom stereocenters. The Hall–Kier alpha value is -0.0800. The largest absolute Gasteiger partial charge is 0.393 e. The molecule has 4 atom stereocenters. The maximum atomic E-state index is 10.4. The van der Waals surface area contributed by atoms with Crippen LogP contribution in [0.2, 0.25) is 0 Å². The van der Waals surface area contributed by atoms with Gasteiger partial charge in [0.25, 0.3) is 0 Å². The predicted octanol–water partition coefficient (Wildman–Crippen LogP) is 3.52. The lowest BCUT2D eigenvalue weighted by Gasteiger charge is -2.34. The highest BCUT2D eigenvalue weighted by Gasteiger charge is 2.28. The number of rotatable bonds is 4. The van der Waals surface area contributed by atoms with Crippen molar-refractivity contribution in [2.45, 2.75) is 76.9 Å². The second-order valence-electron chi connectivity index (χ2n) is 5.99. The van der Waals surface area contributed by atoms with Crippen LogP contribution in [0.15, 0.2) is 0 Å². The van der Waals surface area contributed by atoms with E-state index in [1.165, 1.54) is 44.9 Å². The third-order valence-corrected chi connectivity index (χ3v) is 4.72. The van der Waals surface area contributed by atoms with Crippen molar-refractivity contribution in [3.63, 3.8) is 0 Å². The van der Waals surface area contributed by atoms with Gasteiger partial charge in [0, 0.05) is 6.61 Å². The Labute approximate surface area is 106 Å². The van der Waals surface area contributed by atoms with Crippen molar-refractivity contribution in [2.24, 2.45) is 11.8 Å². The Morgan fingerprint density at radius 3 is 2.76 bits per heavy atom. The minimum absolute atomic E-state index is 0.118. The van der Waals surface area contributed by atoms with Gasteiger partial charge in [-0.1, -0.05) is 26.2 Å². The quantitative estimate of drug-likeness (QED) is 0.814. The van der Waals surface area contributed by atoms with E-state index in [0.29, 0.717) is 12.0 Å². The molecule has 0 radical (unpaired) electrons. The fraction of sp³-hybridized carbons (Fsp3) is 1.00. The first-order valence-electron chi connectivity index (χ1n) is 7.59. The Bertz CT molecular complexity index is 211. The average molecular weight is 240 g/mol. The predicted molar refractivity (Wildman–Crippen MR) is 70.0 cm³/mol. The minimum atomic E-state index is -0.118. The summed E-state index contributed by atoms with van der Waals surface area (Å²) in [5.74, 6) is 1.40. The molecule has 2 rings (SSSR count). The van der Waals surface area contributed by atoms with Gasteiger partial charge in [-0.25, -0.2) is 0 Å². The van der Waals surface area contributed by atoms with Crippen LogP contribution in [-0.4, -0.2) is 23.9 Å². The number of aliphatic hydroxyl groups is 1. The highest BCUT2D eigenvalue weighted by molar-refractivity contribution is 4.80. The molecule has 0 aromatic carbocycles. The van der Waals surface area contributed by atoms with Crippen molar-refractivity contribution < 1.29 is 9.84 Å². The first-order chi connectivity index (χ1) is 8.29.